The highest BCUT2D eigenvalue weighted by atomic mass is 35.5. The van der Waals surface area contributed by atoms with Crippen LogP contribution in [-0.4, -0.2) is 4.98 Å². The lowest BCUT2D eigenvalue weighted by atomic mass is 10.1. The number of thiazole rings is 1. The molecule has 0 aliphatic heterocycles. The first-order valence-corrected chi connectivity index (χ1v) is 5.91. The number of halogens is 2. The fourth-order valence-corrected chi connectivity index (χ4v) is 2.51. The minimum atomic E-state index is -0.283. The highest BCUT2D eigenvalue weighted by Crippen LogP contribution is 2.26. The SMILES string of the molecule is Cc1nc(N)sc1Cc1cc(F)ccc1Cl. The second-order valence-corrected chi connectivity index (χ2v) is 5.00. The molecule has 0 saturated heterocycles. The highest BCUT2D eigenvalue weighted by molar-refractivity contribution is 7.15. The van der Waals surface area contributed by atoms with Crippen molar-refractivity contribution >= 4 is 28.1 Å². The Hall–Kier alpha value is -1.13. The molecule has 84 valence electrons. The summed E-state index contributed by atoms with van der Waals surface area (Å²) < 4.78 is 13.1. The first-order valence-electron chi connectivity index (χ1n) is 4.72. The van der Waals surface area contributed by atoms with E-state index in [4.69, 9.17) is 17.3 Å². The van der Waals surface area contributed by atoms with Crippen LogP contribution in [0.15, 0.2) is 18.2 Å². The van der Waals surface area contributed by atoms with Crippen LogP contribution in [0.3, 0.4) is 0 Å². The predicted octanol–water partition coefficient (Wildman–Crippen LogP) is 3.42. The zero-order chi connectivity index (χ0) is 11.7. The van der Waals surface area contributed by atoms with E-state index in [0.29, 0.717) is 16.6 Å². The Balaban J connectivity index is 2.33. The topological polar surface area (TPSA) is 38.9 Å². The first kappa shape index (κ1) is 11.4. The summed E-state index contributed by atoms with van der Waals surface area (Å²) >= 11 is 7.40. The third-order valence-electron chi connectivity index (χ3n) is 2.27. The minimum absolute atomic E-state index is 0.283. The molecule has 0 spiro atoms. The van der Waals surface area contributed by atoms with E-state index in [-0.39, 0.29) is 5.82 Å². The van der Waals surface area contributed by atoms with Crippen LogP contribution in [0, 0.1) is 12.7 Å². The molecule has 0 saturated carbocycles. The Bertz CT molecular complexity index is 525. The van der Waals surface area contributed by atoms with Crippen LogP contribution < -0.4 is 5.73 Å². The van der Waals surface area contributed by atoms with E-state index in [0.717, 1.165) is 16.1 Å². The van der Waals surface area contributed by atoms with Gasteiger partial charge in [-0.1, -0.05) is 11.6 Å². The zero-order valence-corrected chi connectivity index (χ0v) is 10.2. The van der Waals surface area contributed by atoms with E-state index in [1.54, 1.807) is 6.07 Å². The van der Waals surface area contributed by atoms with E-state index >= 15 is 0 Å². The number of rotatable bonds is 2. The number of nitrogens with two attached hydrogens (primary N) is 1. The number of benzene rings is 1. The summed E-state index contributed by atoms with van der Waals surface area (Å²) in [6, 6.07) is 4.35. The molecule has 0 aliphatic rings. The van der Waals surface area contributed by atoms with Crippen molar-refractivity contribution in [1.82, 2.24) is 4.98 Å². The monoisotopic (exact) mass is 256 g/mol. The summed E-state index contributed by atoms with van der Waals surface area (Å²) in [7, 11) is 0. The van der Waals surface area contributed by atoms with Gasteiger partial charge in [0.25, 0.3) is 0 Å². The zero-order valence-electron chi connectivity index (χ0n) is 8.63. The Kier molecular flexibility index (Phi) is 3.12. The van der Waals surface area contributed by atoms with Crippen LogP contribution in [-0.2, 0) is 6.42 Å². The van der Waals surface area contributed by atoms with E-state index < -0.39 is 0 Å². The van der Waals surface area contributed by atoms with Crippen LogP contribution in [0.1, 0.15) is 16.1 Å². The van der Waals surface area contributed by atoms with E-state index in [2.05, 4.69) is 4.98 Å². The number of aryl methyl sites for hydroxylation is 1. The van der Waals surface area contributed by atoms with Crippen molar-refractivity contribution < 1.29 is 4.39 Å². The number of nitrogen functional groups attached to an aromatic ring is 1. The largest absolute Gasteiger partial charge is 0.375 e. The van der Waals surface area contributed by atoms with Gasteiger partial charge in [-0.25, -0.2) is 9.37 Å². The molecule has 1 aromatic heterocycles. The van der Waals surface area contributed by atoms with Crippen molar-refractivity contribution in [3.63, 3.8) is 0 Å². The molecule has 0 radical (unpaired) electrons. The van der Waals surface area contributed by atoms with Crippen molar-refractivity contribution in [3.8, 4) is 0 Å². The number of nitrogens with zero attached hydrogens (tertiary/aromatic N) is 1. The summed E-state index contributed by atoms with van der Waals surface area (Å²) in [5.41, 5.74) is 7.24. The summed E-state index contributed by atoms with van der Waals surface area (Å²) in [6.07, 6.45) is 0.567. The van der Waals surface area contributed by atoms with Crippen LogP contribution in [0.4, 0.5) is 9.52 Å². The third-order valence-corrected chi connectivity index (χ3v) is 3.62. The van der Waals surface area contributed by atoms with Gasteiger partial charge in [0, 0.05) is 16.3 Å². The summed E-state index contributed by atoms with van der Waals surface area (Å²) in [4.78, 5) is 5.14. The lowest BCUT2D eigenvalue weighted by Gasteiger charge is -2.03. The molecule has 0 fully saturated rings. The second kappa shape index (κ2) is 4.39. The average Bonchev–Trinajstić information content (AvgIpc) is 2.51. The molecule has 0 unspecified atom stereocenters. The Morgan fingerprint density at radius 3 is 2.88 bits per heavy atom. The standard InChI is InChI=1S/C11H10ClFN2S/c1-6-10(16-11(14)15-6)5-7-4-8(13)2-3-9(7)12/h2-4H,5H2,1H3,(H2,14,15). The van der Waals surface area contributed by atoms with Crippen molar-refractivity contribution in [1.29, 1.82) is 0 Å². The quantitative estimate of drug-likeness (QED) is 0.894. The lowest BCUT2D eigenvalue weighted by Crippen LogP contribution is -1.90. The first-order chi connectivity index (χ1) is 7.56. The van der Waals surface area contributed by atoms with Crippen LogP contribution in [0.2, 0.25) is 5.02 Å². The van der Waals surface area contributed by atoms with Gasteiger partial charge in [-0.15, -0.1) is 11.3 Å². The van der Waals surface area contributed by atoms with Crippen molar-refractivity contribution in [2.24, 2.45) is 0 Å². The molecule has 1 aromatic carbocycles. The third kappa shape index (κ3) is 2.33. The maximum absolute atomic E-state index is 13.1. The number of anilines is 1. The molecular weight excluding hydrogens is 247 g/mol. The van der Waals surface area contributed by atoms with Gasteiger partial charge < -0.3 is 5.73 Å². The summed E-state index contributed by atoms with van der Waals surface area (Å²) in [6.45, 7) is 1.88. The second-order valence-electron chi connectivity index (χ2n) is 3.47. The molecule has 5 heteroatoms. The molecule has 2 N–H and O–H groups in total. The van der Waals surface area contributed by atoms with Gasteiger partial charge in [0.2, 0.25) is 0 Å². The molecule has 2 rings (SSSR count). The van der Waals surface area contributed by atoms with Gasteiger partial charge in [0.15, 0.2) is 5.13 Å². The smallest absolute Gasteiger partial charge is 0.180 e. The number of hydrogen-bond acceptors (Lipinski definition) is 3. The van der Waals surface area contributed by atoms with Crippen LogP contribution in [0.25, 0.3) is 0 Å². The van der Waals surface area contributed by atoms with Crippen LogP contribution >= 0.6 is 22.9 Å². The van der Waals surface area contributed by atoms with Gasteiger partial charge in [-0.2, -0.15) is 0 Å². The van der Waals surface area contributed by atoms with Gasteiger partial charge in [0.05, 0.1) is 5.69 Å². The van der Waals surface area contributed by atoms with Gasteiger partial charge in [0.1, 0.15) is 5.82 Å². The molecule has 2 aromatic rings. The van der Waals surface area contributed by atoms with E-state index in [9.17, 15) is 4.39 Å². The van der Waals surface area contributed by atoms with Crippen molar-refractivity contribution in [2.45, 2.75) is 13.3 Å². The maximum Gasteiger partial charge on any atom is 0.180 e. The summed E-state index contributed by atoms with van der Waals surface area (Å²) in [5, 5.41) is 1.09. The number of hydrogen-bond donors (Lipinski definition) is 1. The molecule has 16 heavy (non-hydrogen) atoms. The van der Waals surface area contributed by atoms with E-state index in [1.807, 2.05) is 6.92 Å². The maximum atomic E-state index is 13.1. The lowest BCUT2D eigenvalue weighted by molar-refractivity contribution is 0.626. The Morgan fingerprint density at radius 2 is 2.25 bits per heavy atom. The Morgan fingerprint density at radius 1 is 1.50 bits per heavy atom. The van der Waals surface area contributed by atoms with Gasteiger partial charge >= 0.3 is 0 Å². The predicted molar refractivity (Wildman–Crippen MR) is 65.5 cm³/mol. The normalized spacial score (nSPS) is 10.7. The fourth-order valence-electron chi connectivity index (χ4n) is 1.47. The molecule has 2 nitrogen and oxygen atoms in total. The summed E-state index contributed by atoms with van der Waals surface area (Å²) in [5.74, 6) is -0.283. The molecule has 0 bridgehead atoms. The molecular formula is C11H10ClFN2S. The van der Waals surface area contributed by atoms with Crippen LogP contribution in [0.5, 0.6) is 0 Å². The molecule has 0 amide bonds. The van der Waals surface area contributed by atoms with Crippen molar-refractivity contribution in [3.05, 3.63) is 45.2 Å². The number of aromatic nitrogens is 1. The highest BCUT2D eigenvalue weighted by Gasteiger charge is 2.09. The Labute approximate surface area is 102 Å². The van der Waals surface area contributed by atoms with E-state index in [1.165, 1.54) is 23.5 Å². The van der Waals surface area contributed by atoms with Gasteiger partial charge in [-0.3, -0.25) is 0 Å². The average molecular weight is 257 g/mol. The molecule has 0 atom stereocenters. The minimum Gasteiger partial charge on any atom is -0.375 e. The fraction of sp³-hybridized carbons (Fsp3) is 0.182. The molecule has 1 heterocycles. The molecule has 0 aliphatic carbocycles. The van der Waals surface area contributed by atoms with Crippen molar-refractivity contribution in [2.75, 3.05) is 5.73 Å². The van der Waals surface area contributed by atoms with Gasteiger partial charge in [-0.05, 0) is 30.7 Å².